The molecule has 0 bridgehead atoms. The normalized spacial score (nSPS) is 8.33. The lowest BCUT2D eigenvalue weighted by Crippen LogP contribution is -2.24. The number of ketones is 1. The van der Waals surface area contributed by atoms with E-state index in [1.807, 2.05) is 0 Å². The van der Waals surface area contributed by atoms with Gasteiger partial charge in [-0.15, -0.1) is 6.58 Å². The highest BCUT2D eigenvalue weighted by molar-refractivity contribution is 6.61. The van der Waals surface area contributed by atoms with Crippen molar-refractivity contribution in [3.8, 4) is 0 Å². The highest BCUT2D eigenvalue weighted by Gasteiger charge is 2.27. The van der Waals surface area contributed by atoms with E-state index in [1.165, 1.54) is 6.08 Å². The van der Waals surface area contributed by atoms with Crippen LogP contribution in [-0.4, -0.2) is 27.4 Å². The summed E-state index contributed by atoms with van der Waals surface area (Å²) >= 11 is 0. The fourth-order valence-corrected chi connectivity index (χ4v) is 0.569. The van der Waals surface area contributed by atoms with Gasteiger partial charge in [0.25, 0.3) is 5.78 Å². The molecule has 0 radical (unpaired) electrons. The fourth-order valence-electron chi connectivity index (χ4n) is 0.569. The van der Waals surface area contributed by atoms with Crippen molar-refractivity contribution in [1.29, 1.82) is 0 Å². The van der Waals surface area contributed by atoms with E-state index in [-0.39, 0.29) is 6.42 Å². The molecule has 12 heavy (non-hydrogen) atoms. The number of hydrogen-bond donors (Lipinski definition) is 1. The number of carboxylic acids is 1. The summed E-state index contributed by atoms with van der Waals surface area (Å²) in [5, 5.41) is 8.31. The van der Waals surface area contributed by atoms with Gasteiger partial charge >= 0.3 is 11.7 Å². The highest BCUT2D eigenvalue weighted by Crippen LogP contribution is 1.92. The predicted octanol–water partition coefficient (Wildman–Crippen LogP) is 0.277. The lowest BCUT2D eigenvalue weighted by atomic mass is 10.1. The second kappa shape index (κ2) is 4.98. The maximum atomic E-state index is 10.9. The van der Waals surface area contributed by atoms with Crippen LogP contribution in [0.4, 0.5) is 0 Å². The first kappa shape index (κ1) is 10.3. The van der Waals surface area contributed by atoms with Gasteiger partial charge in [0.15, 0.2) is 0 Å². The van der Waals surface area contributed by atoms with Crippen molar-refractivity contribution in [2.75, 3.05) is 0 Å². The Bertz CT molecular complexity index is 264. The molecular formula is C7H8N2O3. The summed E-state index contributed by atoms with van der Waals surface area (Å²) in [6.45, 7) is 3.36. The average molecular weight is 168 g/mol. The van der Waals surface area contributed by atoms with Crippen LogP contribution in [0.25, 0.3) is 5.53 Å². The Labute approximate surface area is 68.9 Å². The Kier molecular flexibility index (Phi) is 4.26. The van der Waals surface area contributed by atoms with Crippen molar-refractivity contribution in [1.82, 2.24) is 0 Å². The summed E-state index contributed by atoms with van der Waals surface area (Å²) in [4.78, 5) is 23.4. The Morgan fingerprint density at radius 3 is 2.50 bits per heavy atom. The van der Waals surface area contributed by atoms with Crippen molar-refractivity contribution < 1.29 is 19.5 Å². The van der Waals surface area contributed by atoms with Crippen molar-refractivity contribution in [2.24, 2.45) is 0 Å². The third kappa shape index (κ3) is 2.90. The number of aliphatic carboxylic acids is 1. The van der Waals surface area contributed by atoms with Crippen LogP contribution in [0, 0.1) is 0 Å². The number of carbonyl (C=O) groups excluding carboxylic acids is 1. The number of allylic oxidation sites excluding steroid dienone is 1. The molecule has 64 valence electrons. The molecule has 0 saturated heterocycles. The smallest absolute Gasteiger partial charge is 0.441 e. The van der Waals surface area contributed by atoms with Crippen LogP contribution >= 0.6 is 0 Å². The first-order valence-corrected chi connectivity index (χ1v) is 3.23. The Hall–Kier alpha value is -1.74. The third-order valence-corrected chi connectivity index (χ3v) is 1.14. The molecule has 0 aromatic carbocycles. The molecule has 5 heteroatoms. The summed E-state index contributed by atoms with van der Waals surface area (Å²) in [7, 11) is 0. The Balaban J connectivity index is 4.35. The Morgan fingerprint density at radius 2 is 2.17 bits per heavy atom. The van der Waals surface area contributed by atoms with Crippen LogP contribution in [0.3, 0.4) is 0 Å². The fraction of sp³-hybridized carbons (Fsp3) is 0.286. The zero-order valence-corrected chi connectivity index (χ0v) is 6.36. The van der Waals surface area contributed by atoms with E-state index in [9.17, 15) is 9.59 Å². The molecule has 0 aliphatic rings. The largest absolute Gasteiger partial charge is 0.472 e. The molecule has 0 aromatic heterocycles. The molecule has 0 rings (SSSR count). The molecule has 0 saturated carbocycles. The van der Waals surface area contributed by atoms with Gasteiger partial charge in [0, 0.05) is 6.42 Å². The van der Waals surface area contributed by atoms with Crippen molar-refractivity contribution >= 4 is 17.5 Å². The molecule has 0 heterocycles. The van der Waals surface area contributed by atoms with Crippen LogP contribution < -0.4 is 0 Å². The molecule has 0 aliphatic heterocycles. The van der Waals surface area contributed by atoms with Gasteiger partial charge in [-0.2, -0.15) is 4.79 Å². The summed E-state index contributed by atoms with van der Waals surface area (Å²) in [5.41, 5.74) is 7.29. The van der Waals surface area contributed by atoms with Gasteiger partial charge in [-0.25, -0.2) is 4.79 Å². The van der Waals surface area contributed by atoms with E-state index in [0.29, 0.717) is 6.42 Å². The maximum Gasteiger partial charge on any atom is 0.441 e. The van der Waals surface area contributed by atoms with Crippen molar-refractivity contribution in [2.45, 2.75) is 12.8 Å². The van der Waals surface area contributed by atoms with Gasteiger partial charge in [-0.1, -0.05) is 6.08 Å². The third-order valence-electron chi connectivity index (χ3n) is 1.14. The van der Waals surface area contributed by atoms with Gasteiger partial charge in [0.05, 0.1) is 0 Å². The Morgan fingerprint density at radius 1 is 1.58 bits per heavy atom. The molecule has 0 aliphatic carbocycles. The van der Waals surface area contributed by atoms with E-state index in [1.54, 1.807) is 0 Å². The number of hydrogen-bond acceptors (Lipinski definition) is 2. The first-order chi connectivity index (χ1) is 5.63. The quantitative estimate of drug-likeness (QED) is 0.210. The first-order valence-electron chi connectivity index (χ1n) is 3.23. The molecule has 1 N–H and O–H groups in total. The van der Waals surface area contributed by atoms with Crippen LogP contribution in [0.5, 0.6) is 0 Å². The van der Waals surface area contributed by atoms with Gasteiger partial charge in [0.2, 0.25) is 0 Å². The van der Waals surface area contributed by atoms with Crippen molar-refractivity contribution in [3.63, 3.8) is 0 Å². The minimum absolute atomic E-state index is 0.00477. The molecule has 0 aromatic rings. The topological polar surface area (TPSA) is 90.8 Å². The van der Waals surface area contributed by atoms with E-state index in [2.05, 4.69) is 11.4 Å². The molecule has 0 unspecified atom stereocenters. The second-order valence-corrected chi connectivity index (χ2v) is 2.00. The van der Waals surface area contributed by atoms with E-state index < -0.39 is 17.5 Å². The highest BCUT2D eigenvalue weighted by atomic mass is 16.4. The minimum Gasteiger partial charge on any atom is -0.472 e. The number of carbonyl (C=O) groups is 2. The maximum absolute atomic E-state index is 10.9. The number of carboxylic acid groups (broad SMARTS) is 1. The van der Waals surface area contributed by atoms with Crippen LogP contribution in [0.15, 0.2) is 12.7 Å². The number of nitrogens with zero attached hydrogens (tertiary/aromatic N) is 2. The monoisotopic (exact) mass is 168 g/mol. The van der Waals surface area contributed by atoms with Gasteiger partial charge in [-0.3, -0.25) is 4.79 Å². The SMILES string of the molecule is C=CCCC(=O)C(=[N+]=[N-])C(=O)O. The molecule has 0 fully saturated rings. The van der Waals surface area contributed by atoms with E-state index >= 15 is 0 Å². The molecule has 0 amide bonds. The average Bonchev–Trinajstić information content (AvgIpc) is 2.01. The van der Waals surface area contributed by atoms with Crippen molar-refractivity contribution in [3.05, 3.63) is 18.2 Å². The summed E-state index contributed by atoms with van der Waals surface area (Å²) < 4.78 is 0. The zero-order chi connectivity index (χ0) is 9.56. The van der Waals surface area contributed by atoms with Gasteiger partial charge < -0.3 is 10.6 Å². The summed E-state index contributed by atoms with van der Waals surface area (Å²) in [6.07, 6.45) is 1.84. The molecule has 0 atom stereocenters. The lowest BCUT2D eigenvalue weighted by molar-refractivity contribution is -0.136. The van der Waals surface area contributed by atoms with Gasteiger partial charge in [-0.05, 0) is 6.42 Å². The predicted molar refractivity (Wildman–Crippen MR) is 40.7 cm³/mol. The number of rotatable bonds is 5. The summed E-state index contributed by atoms with van der Waals surface area (Å²) in [6, 6.07) is 0. The molecule has 0 spiro atoms. The second-order valence-electron chi connectivity index (χ2n) is 2.00. The standard InChI is InChI=1S/C7H8N2O3/c1-2-3-4-5(10)6(9-8)7(11)12/h2H,1,3-4H2,(H,11,12). The van der Waals surface area contributed by atoms with Gasteiger partial charge in [0.1, 0.15) is 0 Å². The van der Waals surface area contributed by atoms with Crippen LogP contribution in [-0.2, 0) is 9.59 Å². The molecular weight excluding hydrogens is 160 g/mol. The minimum atomic E-state index is -1.52. The zero-order valence-electron chi connectivity index (χ0n) is 6.36. The molecule has 5 nitrogen and oxygen atoms in total. The van der Waals surface area contributed by atoms with Crippen LogP contribution in [0.1, 0.15) is 12.8 Å². The number of Topliss-reactive ketones (excluding diaryl/α,β-unsaturated/α-hetero) is 1. The van der Waals surface area contributed by atoms with E-state index in [0.717, 1.165) is 0 Å². The summed E-state index contributed by atoms with van der Waals surface area (Å²) in [5.74, 6) is -2.23. The lowest BCUT2D eigenvalue weighted by Gasteiger charge is -1.87. The van der Waals surface area contributed by atoms with E-state index in [4.69, 9.17) is 10.6 Å². The van der Waals surface area contributed by atoms with Crippen LogP contribution in [0.2, 0.25) is 0 Å².